The van der Waals surface area contributed by atoms with Crippen LogP contribution in [-0.2, 0) is 19.3 Å². The van der Waals surface area contributed by atoms with Crippen LogP contribution in [0.5, 0.6) is 0 Å². The molecule has 8 heteroatoms. The molecule has 1 aromatic heterocycles. The molecule has 1 amide bonds. The van der Waals surface area contributed by atoms with E-state index in [1.807, 2.05) is 24.6 Å². The fraction of sp³-hybridized carbons (Fsp3) is 0.238. The second-order valence-corrected chi connectivity index (χ2v) is 6.76. The predicted molar refractivity (Wildman–Crippen MR) is 99.8 cm³/mol. The Morgan fingerprint density at radius 3 is 2.34 bits per heavy atom. The molecule has 3 aromatic rings. The van der Waals surface area contributed by atoms with E-state index in [0.29, 0.717) is 18.2 Å². The molecule has 1 N–H and O–H groups in total. The van der Waals surface area contributed by atoms with Crippen molar-refractivity contribution in [3.05, 3.63) is 88.0 Å². The van der Waals surface area contributed by atoms with Gasteiger partial charge >= 0.3 is 6.18 Å². The maximum Gasteiger partial charge on any atom is 0.416 e. The summed E-state index contributed by atoms with van der Waals surface area (Å²) < 4.78 is 54.1. The highest BCUT2D eigenvalue weighted by molar-refractivity contribution is 5.94. The van der Waals surface area contributed by atoms with E-state index in [2.05, 4.69) is 10.4 Å². The maximum atomic E-state index is 13.2. The number of carbonyl (C=O) groups is 1. The van der Waals surface area contributed by atoms with Crippen LogP contribution in [0.4, 0.5) is 17.6 Å². The molecule has 0 radical (unpaired) electrons. The van der Waals surface area contributed by atoms with Gasteiger partial charge in [-0.3, -0.25) is 9.48 Å². The number of rotatable bonds is 5. The van der Waals surface area contributed by atoms with Crippen LogP contribution in [0, 0.1) is 19.7 Å². The summed E-state index contributed by atoms with van der Waals surface area (Å²) in [6.45, 7) is 4.04. The lowest BCUT2D eigenvalue weighted by molar-refractivity contribution is -0.138. The summed E-state index contributed by atoms with van der Waals surface area (Å²) in [5.74, 6) is -1.49. The molecule has 0 fully saturated rings. The van der Waals surface area contributed by atoms with Gasteiger partial charge in [-0.15, -0.1) is 0 Å². The standard InChI is InChI=1S/C21H19F4N3O/c1-13-9-14(2)28(27-13)12-15-3-5-16(6-4-15)20(29)26-11-17-7-8-18(22)10-19(17)21(23,24)25/h3-10H,11-12H2,1-2H3,(H,26,29). The molecule has 0 aliphatic heterocycles. The fourth-order valence-corrected chi connectivity index (χ4v) is 3.01. The Balaban J connectivity index is 1.67. The summed E-state index contributed by atoms with van der Waals surface area (Å²) in [7, 11) is 0. The van der Waals surface area contributed by atoms with E-state index in [4.69, 9.17) is 0 Å². The summed E-state index contributed by atoms with van der Waals surface area (Å²) in [5.41, 5.74) is 1.89. The van der Waals surface area contributed by atoms with E-state index < -0.39 is 23.5 Å². The minimum Gasteiger partial charge on any atom is -0.348 e. The largest absolute Gasteiger partial charge is 0.416 e. The average Bonchev–Trinajstić information content (AvgIpc) is 2.97. The lowest BCUT2D eigenvalue weighted by Gasteiger charge is -2.14. The zero-order valence-electron chi connectivity index (χ0n) is 15.8. The van der Waals surface area contributed by atoms with Crippen molar-refractivity contribution in [3.8, 4) is 0 Å². The van der Waals surface area contributed by atoms with Crippen molar-refractivity contribution in [3.63, 3.8) is 0 Å². The third kappa shape index (κ3) is 5.01. The number of nitrogens with zero attached hydrogens (tertiary/aromatic N) is 2. The molecule has 0 aliphatic rings. The number of aryl methyl sites for hydroxylation is 2. The van der Waals surface area contributed by atoms with Crippen LogP contribution in [0.15, 0.2) is 48.5 Å². The van der Waals surface area contributed by atoms with Gasteiger partial charge in [0.05, 0.1) is 17.8 Å². The molecular weight excluding hydrogens is 386 g/mol. The topological polar surface area (TPSA) is 46.9 Å². The Morgan fingerprint density at radius 1 is 1.07 bits per heavy atom. The van der Waals surface area contributed by atoms with E-state index >= 15 is 0 Å². The zero-order valence-corrected chi connectivity index (χ0v) is 15.8. The van der Waals surface area contributed by atoms with Crippen molar-refractivity contribution < 1.29 is 22.4 Å². The zero-order chi connectivity index (χ0) is 21.2. The number of hydrogen-bond acceptors (Lipinski definition) is 2. The summed E-state index contributed by atoms with van der Waals surface area (Å²) in [5, 5.41) is 6.83. The number of carbonyl (C=O) groups excluding carboxylic acids is 1. The summed E-state index contributed by atoms with van der Waals surface area (Å²) >= 11 is 0. The fourth-order valence-electron chi connectivity index (χ4n) is 3.01. The van der Waals surface area contributed by atoms with Crippen LogP contribution in [0.2, 0.25) is 0 Å². The predicted octanol–water partition coefficient (Wildman–Crippen LogP) is 4.64. The van der Waals surface area contributed by atoms with E-state index in [9.17, 15) is 22.4 Å². The first kappa shape index (κ1) is 20.6. The molecule has 29 heavy (non-hydrogen) atoms. The van der Waals surface area contributed by atoms with Crippen molar-refractivity contribution in [2.24, 2.45) is 0 Å². The Bertz CT molecular complexity index is 1020. The first-order valence-corrected chi connectivity index (χ1v) is 8.87. The molecule has 0 atom stereocenters. The first-order valence-electron chi connectivity index (χ1n) is 8.87. The van der Waals surface area contributed by atoms with Crippen LogP contribution in [0.25, 0.3) is 0 Å². The molecule has 0 bridgehead atoms. The maximum absolute atomic E-state index is 13.2. The van der Waals surface area contributed by atoms with E-state index in [1.165, 1.54) is 0 Å². The van der Waals surface area contributed by atoms with Gasteiger partial charge in [0.15, 0.2) is 0 Å². The lowest BCUT2D eigenvalue weighted by Crippen LogP contribution is -2.24. The van der Waals surface area contributed by atoms with Crippen molar-refractivity contribution in [1.29, 1.82) is 0 Å². The summed E-state index contributed by atoms with van der Waals surface area (Å²) in [4.78, 5) is 12.3. The molecule has 0 unspecified atom stereocenters. The minimum absolute atomic E-state index is 0.201. The molecule has 2 aromatic carbocycles. The van der Waals surface area contributed by atoms with Gasteiger partial charge in [-0.25, -0.2) is 4.39 Å². The summed E-state index contributed by atoms with van der Waals surface area (Å²) in [6, 6.07) is 11.1. The van der Waals surface area contributed by atoms with Crippen molar-refractivity contribution in [1.82, 2.24) is 15.1 Å². The second-order valence-electron chi connectivity index (χ2n) is 6.76. The van der Waals surface area contributed by atoms with Gasteiger partial charge in [0.1, 0.15) is 5.82 Å². The van der Waals surface area contributed by atoms with E-state index in [0.717, 1.165) is 29.1 Å². The van der Waals surface area contributed by atoms with Crippen molar-refractivity contribution in [2.45, 2.75) is 33.1 Å². The van der Waals surface area contributed by atoms with Crippen LogP contribution < -0.4 is 5.32 Å². The van der Waals surface area contributed by atoms with Crippen LogP contribution in [-0.4, -0.2) is 15.7 Å². The highest BCUT2D eigenvalue weighted by Crippen LogP contribution is 2.32. The summed E-state index contributed by atoms with van der Waals surface area (Å²) in [6.07, 6.45) is -4.70. The Hall–Kier alpha value is -3.16. The number of halogens is 4. The Morgan fingerprint density at radius 2 is 1.76 bits per heavy atom. The van der Waals surface area contributed by atoms with Crippen LogP contribution in [0.3, 0.4) is 0 Å². The van der Waals surface area contributed by atoms with Gasteiger partial charge in [0, 0.05) is 17.8 Å². The lowest BCUT2D eigenvalue weighted by atomic mass is 10.1. The number of aromatic nitrogens is 2. The van der Waals surface area contributed by atoms with Crippen molar-refractivity contribution >= 4 is 5.91 Å². The molecule has 152 valence electrons. The van der Waals surface area contributed by atoms with E-state index in [1.54, 1.807) is 24.3 Å². The minimum atomic E-state index is -4.70. The smallest absolute Gasteiger partial charge is 0.348 e. The highest BCUT2D eigenvalue weighted by Gasteiger charge is 2.33. The monoisotopic (exact) mass is 405 g/mol. The van der Waals surface area contributed by atoms with Crippen LogP contribution >= 0.6 is 0 Å². The Labute approximate surface area is 165 Å². The quantitative estimate of drug-likeness (QED) is 0.629. The molecule has 0 saturated carbocycles. The molecule has 0 aliphatic carbocycles. The second kappa shape index (κ2) is 8.06. The number of benzene rings is 2. The molecule has 3 rings (SSSR count). The number of nitrogens with one attached hydrogen (secondary N) is 1. The van der Waals surface area contributed by atoms with Gasteiger partial charge in [0.25, 0.3) is 5.91 Å². The number of alkyl halides is 3. The molecule has 0 saturated heterocycles. The molecule has 1 heterocycles. The van der Waals surface area contributed by atoms with Gasteiger partial charge in [0.2, 0.25) is 0 Å². The Kier molecular flexibility index (Phi) is 5.72. The highest BCUT2D eigenvalue weighted by atomic mass is 19.4. The van der Waals surface area contributed by atoms with Gasteiger partial charge in [-0.05, 0) is 55.3 Å². The third-order valence-corrected chi connectivity index (χ3v) is 4.47. The third-order valence-electron chi connectivity index (χ3n) is 4.47. The van der Waals surface area contributed by atoms with Crippen LogP contribution in [0.1, 0.15) is 38.4 Å². The molecule has 0 spiro atoms. The van der Waals surface area contributed by atoms with Crippen molar-refractivity contribution in [2.75, 3.05) is 0 Å². The van der Waals surface area contributed by atoms with E-state index in [-0.39, 0.29) is 12.1 Å². The SMILES string of the molecule is Cc1cc(C)n(Cc2ccc(C(=O)NCc3ccc(F)cc3C(F)(F)F)cc2)n1. The number of hydrogen-bond donors (Lipinski definition) is 1. The van der Waals surface area contributed by atoms with Gasteiger partial charge in [-0.1, -0.05) is 18.2 Å². The van der Waals surface area contributed by atoms with Gasteiger partial charge < -0.3 is 5.32 Å². The normalized spacial score (nSPS) is 11.5. The number of amides is 1. The molecular formula is C21H19F4N3O. The first-order chi connectivity index (χ1) is 13.6. The average molecular weight is 405 g/mol. The molecule has 4 nitrogen and oxygen atoms in total. The van der Waals surface area contributed by atoms with Gasteiger partial charge in [-0.2, -0.15) is 18.3 Å².